The Labute approximate surface area is 149 Å². The summed E-state index contributed by atoms with van der Waals surface area (Å²) in [6.07, 6.45) is 4.32. The molecule has 0 aliphatic heterocycles. The number of carbonyl (C=O) groups excluding carboxylic acids is 1. The molecule has 1 aromatic heterocycles. The van der Waals surface area contributed by atoms with E-state index >= 15 is 0 Å². The maximum absolute atomic E-state index is 12.6. The van der Waals surface area contributed by atoms with Gasteiger partial charge in [-0.15, -0.1) is 11.3 Å². The van der Waals surface area contributed by atoms with Crippen LogP contribution in [0.4, 0.5) is 5.69 Å². The zero-order valence-corrected chi connectivity index (χ0v) is 14.9. The minimum absolute atomic E-state index is 0.0124. The molecule has 0 fully saturated rings. The number of benzene rings is 1. The standard InChI is InChI=1S/C18H19NO5S/c1-23-13-8-11(18(21)22)7-12(16(13)24-2)19-17(20)15-9-10-5-3-4-6-14(10)25-15/h7-9H,3-6H2,1-2H3,(H,19,20)(H,21,22). The summed E-state index contributed by atoms with van der Waals surface area (Å²) in [4.78, 5) is 25.8. The number of aromatic carboxylic acids is 1. The van der Waals surface area contributed by atoms with Gasteiger partial charge in [0.25, 0.3) is 5.91 Å². The molecule has 7 heteroatoms. The Morgan fingerprint density at radius 3 is 2.52 bits per heavy atom. The summed E-state index contributed by atoms with van der Waals surface area (Å²) in [6.45, 7) is 0. The van der Waals surface area contributed by atoms with Gasteiger partial charge in [-0.1, -0.05) is 0 Å². The number of nitrogens with one attached hydrogen (secondary N) is 1. The number of methoxy groups -OCH3 is 2. The third-order valence-electron chi connectivity index (χ3n) is 4.19. The Morgan fingerprint density at radius 2 is 1.88 bits per heavy atom. The largest absolute Gasteiger partial charge is 0.493 e. The van der Waals surface area contributed by atoms with Gasteiger partial charge in [0.1, 0.15) is 0 Å². The first-order valence-electron chi connectivity index (χ1n) is 7.95. The van der Waals surface area contributed by atoms with Crippen LogP contribution in [0.5, 0.6) is 11.5 Å². The fourth-order valence-electron chi connectivity index (χ4n) is 2.97. The van der Waals surface area contributed by atoms with Gasteiger partial charge < -0.3 is 19.9 Å². The van der Waals surface area contributed by atoms with Crippen LogP contribution in [-0.2, 0) is 12.8 Å². The number of anilines is 1. The molecule has 2 N–H and O–H groups in total. The fraction of sp³-hybridized carbons (Fsp3) is 0.333. The van der Waals surface area contributed by atoms with E-state index in [-0.39, 0.29) is 22.9 Å². The molecule has 0 unspecified atom stereocenters. The van der Waals surface area contributed by atoms with Crippen molar-refractivity contribution in [2.45, 2.75) is 25.7 Å². The summed E-state index contributed by atoms with van der Waals surface area (Å²) in [5, 5.41) is 12.0. The molecule has 1 heterocycles. The number of rotatable bonds is 5. The lowest BCUT2D eigenvalue weighted by atomic mass is 9.99. The maximum Gasteiger partial charge on any atom is 0.335 e. The molecule has 0 spiro atoms. The predicted octanol–water partition coefficient (Wildman–Crippen LogP) is 3.59. The Morgan fingerprint density at radius 1 is 1.12 bits per heavy atom. The van der Waals surface area contributed by atoms with Crippen molar-refractivity contribution in [1.29, 1.82) is 0 Å². The first kappa shape index (κ1) is 17.3. The van der Waals surface area contributed by atoms with Crippen LogP contribution in [0.3, 0.4) is 0 Å². The number of carboxylic acid groups (broad SMARTS) is 1. The molecule has 1 aliphatic carbocycles. The van der Waals surface area contributed by atoms with Crippen molar-refractivity contribution >= 4 is 28.9 Å². The van der Waals surface area contributed by atoms with Crippen LogP contribution in [0.1, 0.15) is 43.3 Å². The highest BCUT2D eigenvalue weighted by atomic mass is 32.1. The molecule has 0 bridgehead atoms. The van der Waals surface area contributed by atoms with E-state index in [0.29, 0.717) is 10.6 Å². The van der Waals surface area contributed by atoms with Crippen LogP contribution >= 0.6 is 11.3 Å². The molecule has 1 aromatic carbocycles. The van der Waals surface area contributed by atoms with Gasteiger partial charge >= 0.3 is 5.97 Å². The molecule has 0 saturated heterocycles. The molecule has 6 nitrogen and oxygen atoms in total. The highest BCUT2D eigenvalue weighted by Gasteiger charge is 2.21. The van der Waals surface area contributed by atoms with Crippen LogP contribution in [0, 0.1) is 0 Å². The van der Waals surface area contributed by atoms with Crippen molar-refractivity contribution in [3.63, 3.8) is 0 Å². The van der Waals surface area contributed by atoms with Crippen molar-refractivity contribution in [3.8, 4) is 11.5 Å². The lowest BCUT2D eigenvalue weighted by molar-refractivity contribution is 0.0696. The van der Waals surface area contributed by atoms with E-state index in [1.165, 1.54) is 48.1 Å². The third kappa shape index (κ3) is 3.46. The average molecular weight is 361 g/mol. The van der Waals surface area contributed by atoms with Crippen LogP contribution in [-0.4, -0.2) is 31.2 Å². The predicted molar refractivity (Wildman–Crippen MR) is 95.4 cm³/mol. The van der Waals surface area contributed by atoms with Gasteiger partial charge in [-0.3, -0.25) is 4.79 Å². The molecule has 1 aliphatic rings. The molecule has 132 valence electrons. The number of thiophene rings is 1. The number of amides is 1. The molecule has 25 heavy (non-hydrogen) atoms. The van der Waals surface area contributed by atoms with Crippen molar-refractivity contribution < 1.29 is 24.2 Å². The number of hydrogen-bond acceptors (Lipinski definition) is 5. The quantitative estimate of drug-likeness (QED) is 0.850. The lowest BCUT2D eigenvalue weighted by Crippen LogP contribution is -2.12. The zero-order valence-electron chi connectivity index (χ0n) is 14.0. The van der Waals surface area contributed by atoms with Gasteiger partial charge in [-0.2, -0.15) is 0 Å². The number of carboxylic acids is 1. The van der Waals surface area contributed by atoms with Gasteiger partial charge in [0.2, 0.25) is 0 Å². The van der Waals surface area contributed by atoms with E-state index < -0.39 is 5.97 Å². The number of fused-ring (bicyclic) bond motifs is 1. The summed E-state index contributed by atoms with van der Waals surface area (Å²) < 4.78 is 10.5. The van der Waals surface area contributed by atoms with Crippen LogP contribution in [0.25, 0.3) is 0 Å². The van der Waals surface area contributed by atoms with E-state index in [0.717, 1.165) is 25.7 Å². The average Bonchev–Trinajstić information content (AvgIpc) is 3.05. The second-order valence-corrected chi connectivity index (χ2v) is 6.92. The van der Waals surface area contributed by atoms with Gasteiger partial charge in [-0.05, 0) is 49.4 Å². The van der Waals surface area contributed by atoms with Crippen molar-refractivity contribution in [2.75, 3.05) is 19.5 Å². The maximum atomic E-state index is 12.6. The SMILES string of the molecule is COc1cc(C(=O)O)cc(NC(=O)c2cc3c(s2)CCCC3)c1OC. The topological polar surface area (TPSA) is 84.9 Å². The van der Waals surface area contributed by atoms with E-state index in [1.807, 2.05) is 6.07 Å². The molecular weight excluding hydrogens is 342 g/mol. The molecule has 0 saturated carbocycles. The van der Waals surface area contributed by atoms with E-state index in [9.17, 15) is 14.7 Å². The minimum atomic E-state index is -1.11. The van der Waals surface area contributed by atoms with Crippen molar-refractivity contribution in [2.24, 2.45) is 0 Å². The molecule has 2 aromatic rings. The number of carbonyl (C=O) groups is 2. The molecule has 0 radical (unpaired) electrons. The Bertz CT molecular complexity index is 804. The highest BCUT2D eigenvalue weighted by molar-refractivity contribution is 7.14. The molecule has 0 atom stereocenters. The van der Waals surface area contributed by atoms with Crippen LogP contribution in [0.2, 0.25) is 0 Å². The second kappa shape index (κ2) is 7.14. The summed E-state index contributed by atoms with van der Waals surface area (Å²) >= 11 is 1.50. The lowest BCUT2D eigenvalue weighted by Gasteiger charge is -2.14. The van der Waals surface area contributed by atoms with E-state index in [1.54, 1.807) is 0 Å². The number of hydrogen-bond donors (Lipinski definition) is 2. The third-order valence-corrected chi connectivity index (χ3v) is 5.43. The van der Waals surface area contributed by atoms with Gasteiger partial charge in [-0.25, -0.2) is 4.79 Å². The normalized spacial score (nSPS) is 13.0. The Hall–Kier alpha value is -2.54. The molecular formula is C18H19NO5S. The first-order chi connectivity index (χ1) is 12.0. The summed E-state index contributed by atoms with van der Waals surface area (Å²) in [6, 6.07) is 4.66. The zero-order chi connectivity index (χ0) is 18.0. The van der Waals surface area contributed by atoms with Crippen molar-refractivity contribution in [3.05, 3.63) is 39.1 Å². The number of aryl methyl sites for hydroxylation is 2. The van der Waals surface area contributed by atoms with E-state index in [2.05, 4.69) is 5.32 Å². The summed E-state index contributed by atoms with van der Waals surface area (Å²) in [5.74, 6) is -0.837. The monoisotopic (exact) mass is 361 g/mol. The van der Waals surface area contributed by atoms with Gasteiger partial charge in [0.05, 0.1) is 30.3 Å². The Kier molecular flexibility index (Phi) is 4.94. The van der Waals surface area contributed by atoms with Gasteiger partial charge in [0.15, 0.2) is 11.5 Å². The fourth-order valence-corrected chi connectivity index (χ4v) is 4.12. The minimum Gasteiger partial charge on any atom is -0.493 e. The Balaban J connectivity index is 1.93. The summed E-state index contributed by atoms with van der Waals surface area (Å²) in [5.41, 5.74) is 1.53. The van der Waals surface area contributed by atoms with Crippen LogP contribution < -0.4 is 14.8 Å². The molecule has 1 amide bonds. The molecule has 3 rings (SSSR count). The highest BCUT2D eigenvalue weighted by Crippen LogP contribution is 2.37. The number of ether oxygens (including phenoxy) is 2. The first-order valence-corrected chi connectivity index (χ1v) is 8.77. The van der Waals surface area contributed by atoms with Crippen LogP contribution in [0.15, 0.2) is 18.2 Å². The van der Waals surface area contributed by atoms with Crippen molar-refractivity contribution in [1.82, 2.24) is 0 Å². The van der Waals surface area contributed by atoms with Gasteiger partial charge in [0, 0.05) is 4.88 Å². The van der Waals surface area contributed by atoms with E-state index in [4.69, 9.17) is 9.47 Å². The second-order valence-electron chi connectivity index (χ2n) is 5.78. The smallest absolute Gasteiger partial charge is 0.335 e. The summed E-state index contributed by atoms with van der Waals surface area (Å²) in [7, 11) is 2.86.